The average Bonchev–Trinajstić information content (AvgIpc) is 3.86. The van der Waals surface area contributed by atoms with Gasteiger partial charge in [-0.05, 0) is 88.9 Å². The molecular formula is C60H58F4N6Pt2. The molecule has 0 atom stereocenters. The molecule has 0 aliphatic rings. The quantitative estimate of drug-likeness (QED) is 0.127. The van der Waals surface area contributed by atoms with E-state index in [4.69, 9.17) is 19.9 Å². The van der Waals surface area contributed by atoms with Gasteiger partial charge in [-0.2, -0.15) is 0 Å². The predicted molar refractivity (Wildman–Crippen MR) is 277 cm³/mol. The Kier molecular flexibility index (Phi) is 18.2. The first-order chi connectivity index (χ1) is 32.9. The van der Waals surface area contributed by atoms with E-state index >= 15 is 0 Å². The monoisotopic (exact) mass is 1330 g/mol. The maximum Gasteiger partial charge on any atom is 2.00 e. The summed E-state index contributed by atoms with van der Waals surface area (Å²) in [4.78, 5) is 26.8. The molecule has 0 unspecified atom stereocenters. The fourth-order valence-corrected chi connectivity index (χ4v) is 7.49. The number of rotatable bonds is 2. The summed E-state index contributed by atoms with van der Waals surface area (Å²) in [6.45, 7) is 26.5. The van der Waals surface area contributed by atoms with E-state index in [1.54, 1.807) is 48.8 Å². The Balaban J connectivity index is 0.000000180. The molecule has 0 saturated heterocycles. The van der Waals surface area contributed by atoms with Crippen LogP contribution in [-0.4, -0.2) is 19.9 Å². The molecule has 0 radical (unpaired) electrons. The number of pyridine rings is 4. The van der Waals surface area contributed by atoms with Crippen LogP contribution in [0.3, 0.4) is 0 Å². The fourth-order valence-electron chi connectivity index (χ4n) is 7.49. The van der Waals surface area contributed by atoms with E-state index in [-0.39, 0.29) is 74.9 Å². The first kappa shape index (κ1) is 57.1. The largest absolute Gasteiger partial charge is 2.00 e. The number of aromatic nitrogens is 6. The first-order valence-electron chi connectivity index (χ1n) is 23.2. The van der Waals surface area contributed by atoms with E-state index in [0.29, 0.717) is 11.4 Å². The van der Waals surface area contributed by atoms with Gasteiger partial charge in [0.25, 0.3) is 0 Å². The van der Waals surface area contributed by atoms with Crippen molar-refractivity contribution in [1.82, 2.24) is 29.9 Å². The Morgan fingerprint density at radius 2 is 0.792 bits per heavy atom. The van der Waals surface area contributed by atoms with Crippen molar-refractivity contribution in [2.75, 3.05) is 0 Å². The summed E-state index contributed by atoms with van der Waals surface area (Å²) >= 11 is 0. The Morgan fingerprint density at radius 1 is 0.417 bits per heavy atom. The Bertz CT molecular complexity index is 3190. The van der Waals surface area contributed by atoms with Crippen molar-refractivity contribution >= 4 is 43.9 Å². The minimum atomic E-state index is -0.649. The maximum atomic E-state index is 13.2. The third kappa shape index (κ3) is 13.8. The van der Waals surface area contributed by atoms with Gasteiger partial charge < -0.3 is 29.9 Å². The summed E-state index contributed by atoms with van der Waals surface area (Å²) in [6, 6.07) is 40.8. The molecule has 0 amide bonds. The Morgan fingerprint density at radius 3 is 1.10 bits per heavy atom. The molecule has 10 aromatic rings. The third-order valence-corrected chi connectivity index (χ3v) is 11.6. The summed E-state index contributed by atoms with van der Waals surface area (Å²) in [6.07, 6.45) is 3.10. The number of halogens is 4. The second kappa shape index (κ2) is 22.9. The van der Waals surface area contributed by atoms with Gasteiger partial charge in [-0.3, -0.25) is 17.6 Å². The number of hydrogen-bond donors (Lipinski definition) is 0. The summed E-state index contributed by atoms with van der Waals surface area (Å²) in [5.74, 6) is -2.57. The molecule has 12 heteroatoms. The van der Waals surface area contributed by atoms with Crippen LogP contribution in [-0.2, 0) is 63.8 Å². The molecular weight excluding hydrogens is 1270 g/mol. The van der Waals surface area contributed by atoms with Gasteiger partial charge in [0.15, 0.2) is 0 Å². The normalized spacial score (nSPS) is 11.7. The molecule has 0 fully saturated rings. The van der Waals surface area contributed by atoms with Crippen LogP contribution in [0.1, 0.15) is 106 Å². The zero-order chi connectivity index (χ0) is 50.8. The molecule has 6 aromatic heterocycles. The van der Waals surface area contributed by atoms with Gasteiger partial charge in [0.2, 0.25) is 0 Å². The minimum Gasteiger partial charge on any atom is -0.439 e. The first-order valence-corrected chi connectivity index (χ1v) is 23.2. The molecule has 0 saturated carbocycles. The molecule has 0 spiro atoms. The van der Waals surface area contributed by atoms with Gasteiger partial charge in [-0.15, -0.1) is 24.3 Å². The SMILES string of the molecule is CC(C)(C)c1ccc2[n-]c3nc(C(C)(C)C)ccc3c2c1.CC(C)(C)c1ccc2[n-]c3nc(C(C)(C)C)ccc3c2c1.Fc1c[c-]c(-c2ccccn2)c(F)c1.Fc1c[c-]c(-c2ccccn2)c(F)c1.[Pt+2].[Pt+2]. The molecule has 6 nitrogen and oxygen atoms in total. The van der Waals surface area contributed by atoms with Crippen LogP contribution < -0.4 is 9.97 Å². The predicted octanol–water partition coefficient (Wildman–Crippen LogP) is 15.5. The van der Waals surface area contributed by atoms with Crippen molar-refractivity contribution < 1.29 is 59.7 Å². The topological polar surface area (TPSA) is 79.8 Å². The van der Waals surface area contributed by atoms with Crippen LogP contribution in [0.25, 0.3) is 66.4 Å². The van der Waals surface area contributed by atoms with Crippen LogP contribution in [0.5, 0.6) is 0 Å². The zero-order valence-corrected chi connectivity index (χ0v) is 47.1. The van der Waals surface area contributed by atoms with E-state index in [2.05, 4.69) is 166 Å². The van der Waals surface area contributed by atoms with E-state index in [1.165, 1.54) is 21.9 Å². The molecule has 4 aromatic carbocycles. The molecule has 10 rings (SSSR count). The number of hydrogen-bond acceptors (Lipinski definition) is 4. The zero-order valence-electron chi connectivity index (χ0n) is 42.5. The van der Waals surface area contributed by atoms with Crippen molar-refractivity contribution in [1.29, 1.82) is 0 Å². The van der Waals surface area contributed by atoms with Crippen molar-refractivity contribution in [3.63, 3.8) is 0 Å². The van der Waals surface area contributed by atoms with Crippen molar-refractivity contribution in [2.24, 2.45) is 0 Å². The van der Waals surface area contributed by atoms with Crippen LogP contribution in [0.2, 0.25) is 0 Å². The van der Waals surface area contributed by atoms with Gasteiger partial charge >= 0.3 is 42.1 Å². The van der Waals surface area contributed by atoms with Crippen LogP contribution in [0.15, 0.2) is 134 Å². The molecule has 0 bridgehead atoms. The Labute approximate surface area is 449 Å². The third-order valence-electron chi connectivity index (χ3n) is 11.6. The van der Waals surface area contributed by atoms with E-state index in [0.717, 1.165) is 68.8 Å². The number of nitrogens with zero attached hydrogens (tertiary/aromatic N) is 6. The summed E-state index contributed by atoms with van der Waals surface area (Å²) in [5, 5.41) is 4.74. The molecule has 0 aliphatic heterocycles. The van der Waals surface area contributed by atoms with Gasteiger partial charge in [0.1, 0.15) is 0 Å². The Hall–Kier alpha value is -5.82. The van der Waals surface area contributed by atoms with Gasteiger partial charge in [-0.25, -0.2) is 0 Å². The fraction of sp³-hybridized carbons (Fsp3) is 0.267. The molecule has 376 valence electrons. The maximum absolute atomic E-state index is 13.2. The van der Waals surface area contributed by atoms with E-state index in [1.807, 2.05) is 0 Å². The van der Waals surface area contributed by atoms with E-state index < -0.39 is 23.3 Å². The van der Waals surface area contributed by atoms with Crippen molar-refractivity contribution in [3.05, 3.63) is 192 Å². The minimum absolute atomic E-state index is 0. The molecule has 0 N–H and O–H groups in total. The molecule has 6 heterocycles. The summed E-state index contributed by atoms with van der Waals surface area (Å²) in [5.41, 5.74) is 10.3. The van der Waals surface area contributed by atoms with Gasteiger partial charge in [0, 0.05) is 35.7 Å². The second-order valence-corrected chi connectivity index (χ2v) is 21.3. The van der Waals surface area contributed by atoms with Crippen LogP contribution in [0, 0.1) is 35.4 Å². The smallest absolute Gasteiger partial charge is 0.439 e. The van der Waals surface area contributed by atoms with E-state index in [9.17, 15) is 17.6 Å². The van der Waals surface area contributed by atoms with Crippen LogP contribution in [0.4, 0.5) is 17.6 Å². The summed E-state index contributed by atoms with van der Waals surface area (Å²) < 4.78 is 51.6. The number of fused-ring (bicyclic) bond motifs is 6. The standard InChI is InChI=1S/2C19H23N2.2C11H6F2N.2Pt/c2*1-18(2,3)12-7-9-15-14(11-12)13-8-10-16(19(4,5)6)21-17(13)20-15;2*12-8-4-5-9(10(13)7-8)11-3-1-2-6-14-11;;/h2*7-11H,1-6H3;2*1-4,6-7H;;/q4*-1;2*+2. The van der Waals surface area contributed by atoms with Crippen molar-refractivity contribution in [3.8, 4) is 22.5 Å². The van der Waals surface area contributed by atoms with Gasteiger partial charge in [0.05, 0.1) is 0 Å². The van der Waals surface area contributed by atoms with Gasteiger partial charge in [-0.1, -0.05) is 214 Å². The molecule has 72 heavy (non-hydrogen) atoms. The number of benzene rings is 4. The summed E-state index contributed by atoms with van der Waals surface area (Å²) in [7, 11) is 0. The second-order valence-electron chi connectivity index (χ2n) is 21.3. The molecule has 0 aliphatic carbocycles. The average molecular weight is 1330 g/mol. The van der Waals surface area contributed by atoms with Crippen LogP contribution >= 0.6 is 0 Å². The van der Waals surface area contributed by atoms with Crippen molar-refractivity contribution in [2.45, 2.75) is 105 Å².